The first-order valence-corrected chi connectivity index (χ1v) is 6.63. The van der Waals surface area contributed by atoms with Gasteiger partial charge in [-0.05, 0) is 45.7 Å². The van der Waals surface area contributed by atoms with E-state index in [9.17, 15) is 4.79 Å². The maximum atomic E-state index is 11.6. The van der Waals surface area contributed by atoms with Gasteiger partial charge in [-0.2, -0.15) is 0 Å². The number of nitrogens with one attached hydrogen (secondary N) is 1. The fourth-order valence-electron chi connectivity index (χ4n) is 2.30. The van der Waals surface area contributed by atoms with Gasteiger partial charge in [0.25, 0.3) is 0 Å². The molecule has 0 aromatic heterocycles. The van der Waals surface area contributed by atoms with Crippen molar-refractivity contribution in [3.8, 4) is 0 Å². The summed E-state index contributed by atoms with van der Waals surface area (Å²) in [5.74, 6) is 0.734. The molecule has 17 heavy (non-hydrogen) atoms. The second-order valence-corrected chi connectivity index (χ2v) is 5.12. The minimum atomic E-state index is 0.171. The van der Waals surface area contributed by atoms with Gasteiger partial charge < -0.3 is 15.0 Å². The predicted octanol–water partition coefficient (Wildman–Crippen LogP) is 1.26. The SMILES string of the molecule is COCCNC(=O)CC1CCN(C(C)C)CC1. The van der Waals surface area contributed by atoms with Crippen LogP contribution in [0.25, 0.3) is 0 Å². The molecule has 0 aromatic rings. The fraction of sp³-hybridized carbons (Fsp3) is 0.923. The maximum Gasteiger partial charge on any atom is 0.220 e. The fourth-order valence-corrected chi connectivity index (χ4v) is 2.30. The standard InChI is InChI=1S/C13H26N2O2/c1-11(2)15-7-4-12(5-8-15)10-13(16)14-6-9-17-3/h11-12H,4-10H2,1-3H3,(H,14,16). The van der Waals surface area contributed by atoms with E-state index in [1.54, 1.807) is 7.11 Å². The van der Waals surface area contributed by atoms with Crippen LogP contribution in [-0.4, -0.2) is 50.2 Å². The Morgan fingerprint density at radius 2 is 2.06 bits per heavy atom. The second-order valence-electron chi connectivity index (χ2n) is 5.12. The van der Waals surface area contributed by atoms with E-state index >= 15 is 0 Å². The average Bonchev–Trinajstić information content (AvgIpc) is 2.30. The second kappa shape index (κ2) is 7.67. The van der Waals surface area contributed by atoms with E-state index in [0.717, 1.165) is 25.9 Å². The van der Waals surface area contributed by atoms with Crippen LogP contribution >= 0.6 is 0 Å². The summed E-state index contributed by atoms with van der Waals surface area (Å²) in [5, 5.41) is 2.89. The Kier molecular flexibility index (Phi) is 6.52. The van der Waals surface area contributed by atoms with Crippen molar-refractivity contribution in [3.05, 3.63) is 0 Å². The molecule has 0 spiro atoms. The molecule has 0 aliphatic carbocycles. The number of amides is 1. The third kappa shape index (κ3) is 5.50. The molecule has 0 radical (unpaired) electrons. The first-order chi connectivity index (χ1) is 8.13. The van der Waals surface area contributed by atoms with Crippen molar-refractivity contribution in [2.45, 2.75) is 39.2 Å². The van der Waals surface area contributed by atoms with Gasteiger partial charge in [0.15, 0.2) is 0 Å². The third-order valence-electron chi connectivity index (χ3n) is 3.48. The van der Waals surface area contributed by atoms with Gasteiger partial charge in [-0.1, -0.05) is 0 Å². The lowest BCUT2D eigenvalue weighted by atomic mass is 9.92. The summed E-state index contributed by atoms with van der Waals surface area (Å²) in [7, 11) is 1.65. The van der Waals surface area contributed by atoms with E-state index in [-0.39, 0.29) is 5.91 Å². The summed E-state index contributed by atoms with van der Waals surface area (Å²) in [5.41, 5.74) is 0. The molecule has 0 unspecified atom stereocenters. The van der Waals surface area contributed by atoms with Gasteiger partial charge in [-0.25, -0.2) is 0 Å². The summed E-state index contributed by atoms with van der Waals surface area (Å²) in [4.78, 5) is 14.1. The summed E-state index contributed by atoms with van der Waals surface area (Å²) >= 11 is 0. The van der Waals surface area contributed by atoms with Crippen molar-refractivity contribution < 1.29 is 9.53 Å². The number of ether oxygens (including phenoxy) is 1. The van der Waals surface area contributed by atoms with Gasteiger partial charge in [0.1, 0.15) is 0 Å². The van der Waals surface area contributed by atoms with Crippen molar-refractivity contribution in [3.63, 3.8) is 0 Å². The lowest BCUT2D eigenvalue weighted by molar-refractivity contribution is -0.122. The molecule has 0 aromatic carbocycles. The van der Waals surface area contributed by atoms with Crippen LogP contribution in [0.4, 0.5) is 0 Å². The molecule has 1 amide bonds. The van der Waals surface area contributed by atoms with Crippen molar-refractivity contribution >= 4 is 5.91 Å². The molecule has 100 valence electrons. The first-order valence-electron chi connectivity index (χ1n) is 6.63. The molecule has 0 atom stereocenters. The van der Waals surface area contributed by atoms with Gasteiger partial charge >= 0.3 is 0 Å². The van der Waals surface area contributed by atoms with E-state index in [1.807, 2.05) is 0 Å². The van der Waals surface area contributed by atoms with Gasteiger partial charge in [0.2, 0.25) is 5.91 Å². The molecule has 4 nitrogen and oxygen atoms in total. The summed E-state index contributed by atoms with van der Waals surface area (Å²) in [6, 6.07) is 0.631. The zero-order valence-electron chi connectivity index (χ0n) is 11.4. The monoisotopic (exact) mass is 242 g/mol. The first kappa shape index (κ1) is 14.5. The van der Waals surface area contributed by atoms with Crippen molar-refractivity contribution in [1.29, 1.82) is 0 Å². The lowest BCUT2D eigenvalue weighted by Gasteiger charge is -2.34. The van der Waals surface area contributed by atoms with E-state index < -0.39 is 0 Å². The Hall–Kier alpha value is -0.610. The highest BCUT2D eigenvalue weighted by Crippen LogP contribution is 2.21. The predicted molar refractivity (Wildman–Crippen MR) is 68.9 cm³/mol. The number of nitrogens with zero attached hydrogens (tertiary/aromatic N) is 1. The number of rotatable bonds is 6. The van der Waals surface area contributed by atoms with Crippen LogP contribution in [0.3, 0.4) is 0 Å². The Labute approximate surface area is 105 Å². The summed E-state index contributed by atoms with van der Waals surface area (Å²) in [6.07, 6.45) is 2.97. The molecule has 1 aliphatic rings. The average molecular weight is 242 g/mol. The zero-order chi connectivity index (χ0) is 12.7. The summed E-state index contributed by atoms with van der Waals surface area (Å²) in [6.45, 7) is 7.95. The van der Waals surface area contributed by atoms with Crippen LogP contribution in [0.1, 0.15) is 33.1 Å². The molecular formula is C13H26N2O2. The number of piperidine rings is 1. The van der Waals surface area contributed by atoms with E-state index in [4.69, 9.17) is 4.74 Å². The van der Waals surface area contributed by atoms with Crippen LogP contribution in [0.15, 0.2) is 0 Å². The molecule has 1 heterocycles. The largest absolute Gasteiger partial charge is 0.383 e. The highest BCUT2D eigenvalue weighted by molar-refractivity contribution is 5.76. The summed E-state index contributed by atoms with van der Waals surface area (Å²) < 4.78 is 4.90. The molecular weight excluding hydrogens is 216 g/mol. The highest BCUT2D eigenvalue weighted by atomic mass is 16.5. The molecule has 1 aliphatic heterocycles. The highest BCUT2D eigenvalue weighted by Gasteiger charge is 2.22. The van der Waals surface area contributed by atoms with Gasteiger partial charge in [-0.3, -0.25) is 4.79 Å². The molecule has 1 fully saturated rings. The van der Waals surface area contributed by atoms with Crippen LogP contribution in [-0.2, 0) is 9.53 Å². The number of hydrogen-bond acceptors (Lipinski definition) is 3. The Balaban J connectivity index is 2.15. The van der Waals surface area contributed by atoms with E-state index in [1.165, 1.54) is 0 Å². The number of carbonyl (C=O) groups is 1. The molecule has 0 bridgehead atoms. The van der Waals surface area contributed by atoms with Crippen LogP contribution < -0.4 is 5.32 Å². The normalized spacial score (nSPS) is 18.6. The Morgan fingerprint density at radius 3 is 2.59 bits per heavy atom. The third-order valence-corrected chi connectivity index (χ3v) is 3.48. The van der Waals surface area contributed by atoms with Crippen LogP contribution in [0.2, 0.25) is 0 Å². The zero-order valence-corrected chi connectivity index (χ0v) is 11.4. The van der Waals surface area contributed by atoms with Crippen molar-refractivity contribution in [1.82, 2.24) is 10.2 Å². The maximum absolute atomic E-state index is 11.6. The molecule has 4 heteroatoms. The van der Waals surface area contributed by atoms with Crippen LogP contribution in [0.5, 0.6) is 0 Å². The molecule has 1 N–H and O–H groups in total. The smallest absolute Gasteiger partial charge is 0.220 e. The van der Waals surface area contributed by atoms with Gasteiger partial charge in [0, 0.05) is 26.1 Å². The molecule has 1 saturated heterocycles. The number of hydrogen-bond donors (Lipinski definition) is 1. The van der Waals surface area contributed by atoms with Crippen molar-refractivity contribution in [2.24, 2.45) is 5.92 Å². The Bertz CT molecular complexity index is 223. The minimum absolute atomic E-state index is 0.171. The molecule has 1 rings (SSSR count). The van der Waals surface area contributed by atoms with E-state index in [2.05, 4.69) is 24.1 Å². The molecule has 0 saturated carbocycles. The lowest BCUT2D eigenvalue weighted by Crippen LogP contribution is -2.39. The van der Waals surface area contributed by atoms with Gasteiger partial charge in [0.05, 0.1) is 6.61 Å². The Morgan fingerprint density at radius 1 is 1.41 bits per heavy atom. The number of likely N-dealkylation sites (tertiary alicyclic amines) is 1. The number of carbonyl (C=O) groups excluding carboxylic acids is 1. The topological polar surface area (TPSA) is 41.6 Å². The quantitative estimate of drug-likeness (QED) is 0.713. The van der Waals surface area contributed by atoms with E-state index in [0.29, 0.717) is 31.5 Å². The van der Waals surface area contributed by atoms with Crippen molar-refractivity contribution in [2.75, 3.05) is 33.4 Å². The number of methoxy groups -OCH3 is 1. The van der Waals surface area contributed by atoms with Crippen LogP contribution in [0, 0.1) is 5.92 Å². The van der Waals surface area contributed by atoms with Gasteiger partial charge in [-0.15, -0.1) is 0 Å². The minimum Gasteiger partial charge on any atom is -0.383 e.